The maximum atomic E-state index is 12.5. The Morgan fingerprint density at radius 1 is 0.966 bits per heavy atom. The number of hydrogen-bond acceptors (Lipinski definition) is 5. The lowest BCUT2D eigenvalue weighted by atomic mass is 10.0. The maximum absolute atomic E-state index is 12.5. The molecule has 5 nitrogen and oxygen atoms in total. The van der Waals surface area contributed by atoms with Crippen LogP contribution in [0.3, 0.4) is 0 Å². The summed E-state index contributed by atoms with van der Waals surface area (Å²) in [4.78, 5) is 0.119. The lowest BCUT2D eigenvalue weighted by Gasteiger charge is -2.36. The number of aryl methyl sites for hydroxylation is 1. The second kappa shape index (κ2) is 7.54. The van der Waals surface area contributed by atoms with Crippen molar-refractivity contribution in [3.8, 4) is 22.6 Å². The standard InChI is InChI=1S/C23H22O5S/c1-17-11-13-19(14-12-17)29(24,25)27-16-23(2)15-26-21-10-6-9-20(22(21)28-23)18-7-4-3-5-8-18/h3-14H,15-16H2,1-2H3/t23-/m1/s1. The Bertz CT molecular complexity index is 1110. The summed E-state index contributed by atoms with van der Waals surface area (Å²) in [5, 5.41) is 0. The summed E-state index contributed by atoms with van der Waals surface area (Å²) < 4.78 is 42.5. The molecule has 0 N–H and O–H groups in total. The molecule has 0 saturated heterocycles. The molecule has 6 heteroatoms. The van der Waals surface area contributed by atoms with Gasteiger partial charge in [-0.1, -0.05) is 60.2 Å². The molecule has 0 unspecified atom stereocenters. The summed E-state index contributed by atoms with van der Waals surface area (Å²) >= 11 is 0. The van der Waals surface area contributed by atoms with Crippen molar-refractivity contribution in [2.45, 2.75) is 24.3 Å². The molecular weight excluding hydrogens is 388 g/mol. The van der Waals surface area contributed by atoms with E-state index in [0.717, 1.165) is 16.7 Å². The monoisotopic (exact) mass is 410 g/mol. The van der Waals surface area contributed by atoms with E-state index in [-0.39, 0.29) is 18.1 Å². The number of hydrogen-bond donors (Lipinski definition) is 0. The molecule has 1 heterocycles. The van der Waals surface area contributed by atoms with Crippen LogP contribution in [0.2, 0.25) is 0 Å². The molecule has 1 atom stereocenters. The molecule has 3 aromatic rings. The van der Waals surface area contributed by atoms with Crippen LogP contribution in [-0.2, 0) is 14.3 Å². The van der Waals surface area contributed by atoms with Crippen molar-refractivity contribution >= 4 is 10.1 Å². The molecule has 29 heavy (non-hydrogen) atoms. The third kappa shape index (κ3) is 4.13. The van der Waals surface area contributed by atoms with Crippen molar-refractivity contribution in [3.05, 3.63) is 78.4 Å². The highest BCUT2D eigenvalue weighted by atomic mass is 32.2. The van der Waals surface area contributed by atoms with E-state index in [1.54, 1.807) is 19.1 Å². The summed E-state index contributed by atoms with van der Waals surface area (Å²) in [6.45, 7) is 3.70. The van der Waals surface area contributed by atoms with Crippen molar-refractivity contribution in [1.82, 2.24) is 0 Å². The quantitative estimate of drug-likeness (QED) is 0.576. The second-order valence-electron chi connectivity index (χ2n) is 7.37. The van der Waals surface area contributed by atoms with Gasteiger partial charge in [0.1, 0.15) is 13.2 Å². The fraction of sp³-hybridized carbons (Fsp3) is 0.217. The summed E-state index contributed by atoms with van der Waals surface area (Å²) in [5.41, 5.74) is 1.90. The Labute approximate surface area is 171 Å². The average Bonchev–Trinajstić information content (AvgIpc) is 2.73. The topological polar surface area (TPSA) is 61.8 Å². The third-order valence-electron chi connectivity index (χ3n) is 4.77. The van der Waals surface area contributed by atoms with Crippen LogP contribution >= 0.6 is 0 Å². The molecule has 3 aromatic carbocycles. The van der Waals surface area contributed by atoms with Crippen LogP contribution in [-0.4, -0.2) is 27.2 Å². The molecule has 0 fully saturated rings. The Kier molecular flexibility index (Phi) is 5.06. The van der Waals surface area contributed by atoms with Crippen molar-refractivity contribution in [1.29, 1.82) is 0 Å². The predicted molar refractivity (Wildman–Crippen MR) is 111 cm³/mol. The maximum Gasteiger partial charge on any atom is 0.297 e. The minimum absolute atomic E-state index is 0.119. The lowest BCUT2D eigenvalue weighted by molar-refractivity contribution is -0.0244. The molecule has 1 aliphatic heterocycles. The summed E-state index contributed by atoms with van der Waals surface area (Å²) in [5.74, 6) is 1.22. The number of ether oxygens (including phenoxy) is 2. The number of fused-ring (bicyclic) bond motifs is 1. The van der Waals surface area contributed by atoms with Crippen LogP contribution in [0.1, 0.15) is 12.5 Å². The Balaban J connectivity index is 1.56. The van der Waals surface area contributed by atoms with Crippen LogP contribution in [0.25, 0.3) is 11.1 Å². The fourth-order valence-electron chi connectivity index (χ4n) is 3.13. The van der Waals surface area contributed by atoms with Crippen molar-refractivity contribution in [3.63, 3.8) is 0 Å². The highest BCUT2D eigenvalue weighted by Crippen LogP contribution is 2.43. The first-order valence-corrected chi connectivity index (χ1v) is 10.7. The van der Waals surface area contributed by atoms with Crippen molar-refractivity contribution < 1.29 is 22.1 Å². The SMILES string of the molecule is Cc1ccc(S(=O)(=O)OC[C@@]2(C)COc3cccc(-c4ccccc4)c3O2)cc1. The Morgan fingerprint density at radius 2 is 1.69 bits per heavy atom. The van der Waals surface area contributed by atoms with Crippen LogP contribution in [0.15, 0.2) is 77.7 Å². The fourth-order valence-corrected chi connectivity index (χ4v) is 4.14. The van der Waals surface area contributed by atoms with E-state index in [0.29, 0.717) is 11.5 Å². The minimum Gasteiger partial charge on any atom is -0.485 e. The van der Waals surface area contributed by atoms with Gasteiger partial charge in [-0.05, 0) is 37.6 Å². The van der Waals surface area contributed by atoms with Gasteiger partial charge in [-0.15, -0.1) is 0 Å². The van der Waals surface area contributed by atoms with E-state index in [1.165, 1.54) is 12.1 Å². The zero-order valence-electron chi connectivity index (χ0n) is 16.3. The first-order valence-electron chi connectivity index (χ1n) is 9.33. The van der Waals surface area contributed by atoms with Crippen molar-refractivity contribution in [2.75, 3.05) is 13.2 Å². The molecular formula is C23H22O5S. The highest BCUT2D eigenvalue weighted by molar-refractivity contribution is 7.86. The average molecular weight is 410 g/mol. The molecule has 0 aromatic heterocycles. The zero-order valence-corrected chi connectivity index (χ0v) is 17.1. The second-order valence-corrected chi connectivity index (χ2v) is 8.98. The van der Waals surface area contributed by atoms with E-state index in [1.807, 2.05) is 55.5 Å². The number of benzene rings is 3. The van der Waals surface area contributed by atoms with E-state index < -0.39 is 15.7 Å². The largest absolute Gasteiger partial charge is 0.485 e. The van der Waals surface area contributed by atoms with Gasteiger partial charge in [-0.2, -0.15) is 8.42 Å². The summed E-state index contributed by atoms with van der Waals surface area (Å²) in [6.07, 6.45) is 0. The molecule has 0 saturated carbocycles. The summed E-state index contributed by atoms with van der Waals surface area (Å²) in [6, 6.07) is 22.1. The number of para-hydroxylation sites is 1. The lowest BCUT2D eigenvalue weighted by Crippen LogP contribution is -2.46. The van der Waals surface area contributed by atoms with Gasteiger partial charge >= 0.3 is 0 Å². The smallest absolute Gasteiger partial charge is 0.297 e. The van der Waals surface area contributed by atoms with Gasteiger partial charge in [0.2, 0.25) is 0 Å². The van der Waals surface area contributed by atoms with Gasteiger partial charge < -0.3 is 9.47 Å². The molecule has 0 bridgehead atoms. The first kappa shape index (κ1) is 19.5. The number of rotatable bonds is 5. The highest BCUT2D eigenvalue weighted by Gasteiger charge is 2.37. The van der Waals surface area contributed by atoms with Gasteiger partial charge in [0.05, 0.1) is 4.90 Å². The third-order valence-corrected chi connectivity index (χ3v) is 6.05. The molecule has 0 amide bonds. The van der Waals surface area contributed by atoms with E-state index >= 15 is 0 Å². The van der Waals surface area contributed by atoms with Crippen LogP contribution in [0, 0.1) is 6.92 Å². The summed E-state index contributed by atoms with van der Waals surface area (Å²) in [7, 11) is -3.89. The van der Waals surface area contributed by atoms with Gasteiger partial charge in [0.25, 0.3) is 10.1 Å². The van der Waals surface area contributed by atoms with Crippen LogP contribution in [0.4, 0.5) is 0 Å². The Morgan fingerprint density at radius 3 is 2.41 bits per heavy atom. The van der Waals surface area contributed by atoms with E-state index in [4.69, 9.17) is 13.7 Å². The van der Waals surface area contributed by atoms with Crippen molar-refractivity contribution in [2.24, 2.45) is 0 Å². The van der Waals surface area contributed by atoms with E-state index in [9.17, 15) is 8.42 Å². The Hall–Kier alpha value is -2.83. The van der Waals surface area contributed by atoms with Gasteiger partial charge in [-0.25, -0.2) is 0 Å². The minimum atomic E-state index is -3.89. The van der Waals surface area contributed by atoms with Crippen LogP contribution in [0.5, 0.6) is 11.5 Å². The molecule has 0 radical (unpaired) electrons. The van der Waals surface area contributed by atoms with Crippen LogP contribution < -0.4 is 9.47 Å². The molecule has 1 aliphatic rings. The first-order chi connectivity index (χ1) is 13.9. The van der Waals surface area contributed by atoms with Gasteiger partial charge in [-0.3, -0.25) is 4.18 Å². The predicted octanol–water partition coefficient (Wildman–Crippen LogP) is 4.60. The molecule has 0 spiro atoms. The van der Waals surface area contributed by atoms with Gasteiger partial charge in [0, 0.05) is 5.56 Å². The van der Waals surface area contributed by atoms with E-state index in [2.05, 4.69) is 0 Å². The molecule has 150 valence electrons. The molecule has 0 aliphatic carbocycles. The zero-order chi connectivity index (χ0) is 20.5. The molecule has 4 rings (SSSR count). The van der Waals surface area contributed by atoms with Gasteiger partial charge in [0.15, 0.2) is 17.1 Å². The normalized spacial score (nSPS) is 18.4.